The Morgan fingerprint density at radius 1 is 1.15 bits per heavy atom. The molecule has 0 saturated carbocycles. The number of hydrogen-bond acceptors (Lipinski definition) is 6. The SMILES string of the molecule is Clc1ccccc1C1=NCc2cc[s+](N3CCNCC3)c2N2CN(Br)N=C12. The third-order valence-electron chi connectivity index (χ3n) is 4.94. The van der Waals surface area contributed by atoms with E-state index in [4.69, 9.17) is 21.7 Å². The second kappa shape index (κ2) is 7.18. The number of fused-ring (bicyclic) bond motifs is 3. The van der Waals surface area contributed by atoms with Gasteiger partial charge in [-0.1, -0.05) is 29.8 Å². The maximum atomic E-state index is 6.49. The Morgan fingerprint density at radius 3 is 2.78 bits per heavy atom. The number of halogens is 2. The maximum Gasteiger partial charge on any atom is 0.276 e. The molecule has 1 N–H and O–H groups in total. The van der Waals surface area contributed by atoms with Crippen LogP contribution in [0.2, 0.25) is 5.02 Å². The summed E-state index contributed by atoms with van der Waals surface area (Å²) in [6, 6.07) is 10.1. The molecule has 0 bridgehead atoms. The summed E-state index contributed by atoms with van der Waals surface area (Å²) in [5.74, 6) is 0.862. The molecule has 4 heterocycles. The minimum atomic E-state index is -0.0599. The first-order valence-corrected chi connectivity index (χ1v) is 11.2. The lowest BCUT2D eigenvalue weighted by Gasteiger charge is -2.23. The summed E-state index contributed by atoms with van der Waals surface area (Å²) >= 11 is 10.0. The molecule has 1 aromatic heterocycles. The van der Waals surface area contributed by atoms with Crippen LogP contribution < -0.4 is 14.5 Å². The average Bonchev–Trinajstić information content (AvgIpc) is 3.24. The Balaban J connectivity index is 1.60. The highest BCUT2D eigenvalue weighted by molar-refractivity contribution is 9.07. The third-order valence-corrected chi connectivity index (χ3v) is 7.84. The number of aliphatic imine (C=N–C) groups is 1. The van der Waals surface area contributed by atoms with E-state index in [2.05, 4.69) is 42.1 Å². The quantitative estimate of drug-likeness (QED) is 0.545. The largest absolute Gasteiger partial charge is 0.314 e. The number of benzene rings is 1. The number of thiophene rings is 1. The molecule has 3 aliphatic heterocycles. The molecule has 1 fully saturated rings. The van der Waals surface area contributed by atoms with Crippen molar-refractivity contribution in [3.63, 3.8) is 0 Å². The molecule has 1 aromatic carbocycles. The molecular weight excluding hydrogens is 448 g/mol. The molecule has 0 radical (unpaired) electrons. The monoisotopic (exact) mass is 465 g/mol. The van der Waals surface area contributed by atoms with Gasteiger partial charge >= 0.3 is 0 Å². The fourth-order valence-corrected chi connectivity index (χ4v) is 6.46. The molecule has 1 unspecified atom stereocenters. The zero-order valence-electron chi connectivity index (χ0n) is 14.6. The molecule has 2 aromatic rings. The minimum absolute atomic E-state index is 0.0599. The summed E-state index contributed by atoms with van der Waals surface area (Å²) in [7, 11) is -0.0599. The summed E-state index contributed by atoms with van der Waals surface area (Å²) in [5, 5.41) is 12.5. The van der Waals surface area contributed by atoms with Crippen molar-refractivity contribution in [2.75, 3.05) is 42.1 Å². The van der Waals surface area contributed by atoms with Gasteiger partial charge in [0.05, 0.1) is 57.0 Å². The highest BCUT2D eigenvalue weighted by Crippen LogP contribution is 2.43. The van der Waals surface area contributed by atoms with Crippen LogP contribution in [0.25, 0.3) is 0 Å². The predicted octanol–water partition coefficient (Wildman–Crippen LogP) is 3.34. The predicted molar refractivity (Wildman–Crippen MR) is 117 cm³/mol. The smallest absolute Gasteiger partial charge is 0.276 e. The van der Waals surface area contributed by atoms with Gasteiger partial charge in [-0.15, -0.1) is 9.41 Å². The zero-order valence-corrected chi connectivity index (χ0v) is 17.8. The van der Waals surface area contributed by atoms with Crippen LogP contribution in [-0.2, 0) is 6.54 Å². The first-order chi connectivity index (χ1) is 13.2. The molecule has 27 heavy (non-hydrogen) atoms. The Bertz CT molecular complexity index is 936. The van der Waals surface area contributed by atoms with E-state index in [9.17, 15) is 0 Å². The van der Waals surface area contributed by atoms with Gasteiger partial charge in [0.1, 0.15) is 12.4 Å². The van der Waals surface area contributed by atoms with Crippen LogP contribution in [0.3, 0.4) is 0 Å². The Kier molecular flexibility index (Phi) is 4.69. The Labute approximate surface area is 174 Å². The number of nitrogens with zero attached hydrogens (tertiary/aromatic N) is 5. The first-order valence-electron chi connectivity index (χ1n) is 8.92. The minimum Gasteiger partial charge on any atom is -0.314 e. The summed E-state index contributed by atoms with van der Waals surface area (Å²) in [5.41, 5.74) is 3.06. The van der Waals surface area contributed by atoms with Crippen LogP contribution in [0, 0.1) is 0 Å². The molecular formula is C18H19BrClN6S+. The number of nitrogens with one attached hydrogen (secondary N) is 1. The fourth-order valence-electron chi connectivity index (χ4n) is 3.67. The summed E-state index contributed by atoms with van der Waals surface area (Å²) in [6.07, 6.45) is 0. The van der Waals surface area contributed by atoms with Gasteiger partial charge in [0.15, 0.2) is 11.2 Å². The third kappa shape index (κ3) is 3.09. The first kappa shape index (κ1) is 17.6. The molecule has 3 aliphatic rings. The lowest BCUT2D eigenvalue weighted by Crippen LogP contribution is -2.43. The molecule has 6 nitrogen and oxygen atoms in total. The van der Waals surface area contributed by atoms with E-state index in [0.29, 0.717) is 18.2 Å². The van der Waals surface area contributed by atoms with Crippen LogP contribution in [0.15, 0.2) is 45.8 Å². The van der Waals surface area contributed by atoms with Crippen molar-refractivity contribution in [1.82, 2.24) is 9.35 Å². The number of rotatable bonds is 2. The van der Waals surface area contributed by atoms with E-state index < -0.39 is 0 Å². The van der Waals surface area contributed by atoms with Crippen LogP contribution >= 0.6 is 38.4 Å². The fraction of sp³-hybridized carbons (Fsp3) is 0.333. The van der Waals surface area contributed by atoms with E-state index in [1.165, 1.54) is 10.6 Å². The molecule has 140 valence electrons. The van der Waals surface area contributed by atoms with Crippen molar-refractivity contribution < 1.29 is 0 Å². The van der Waals surface area contributed by atoms with E-state index in [-0.39, 0.29) is 10.7 Å². The highest BCUT2D eigenvalue weighted by Gasteiger charge is 2.40. The van der Waals surface area contributed by atoms with Crippen molar-refractivity contribution in [2.24, 2.45) is 10.1 Å². The van der Waals surface area contributed by atoms with E-state index in [1.54, 1.807) is 4.03 Å². The average molecular weight is 467 g/mol. The maximum absolute atomic E-state index is 6.49. The number of piperazine rings is 1. The number of amidine groups is 1. The second-order valence-corrected chi connectivity index (χ2v) is 9.63. The second-order valence-electron chi connectivity index (χ2n) is 6.60. The van der Waals surface area contributed by atoms with Gasteiger partial charge in [-0.25, -0.2) is 4.03 Å². The number of hydrazone groups is 1. The summed E-state index contributed by atoms with van der Waals surface area (Å²) in [6.45, 7) is 5.50. The van der Waals surface area contributed by atoms with Gasteiger partial charge in [-0.05, 0) is 6.07 Å². The van der Waals surface area contributed by atoms with Crippen molar-refractivity contribution >= 4 is 55.0 Å². The van der Waals surface area contributed by atoms with Crippen LogP contribution in [-0.4, -0.2) is 48.4 Å². The molecule has 0 spiro atoms. The van der Waals surface area contributed by atoms with Crippen LogP contribution in [0.4, 0.5) is 5.00 Å². The van der Waals surface area contributed by atoms with Gasteiger partial charge in [0.2, 0.25) is 0 Å². The lowest BCUT2D eigenvalue weighted by molar-refractivity contribution is 0.575. The molecule has 1 saturated heterocycles. The van der Waals surface area contributed by atoms with Gasteiger partial charge in [-0.3, -0.25) is 9.89 Å². The van der Waals surface area contributed by atoms with Crippen LogP contribution in [0.1, 0.15) is 11.1 Å². The topological polar surface area (TPSA) is 46.5 Å². The summed E-state index contributed by atoms with van der Waals surface area (Å²) in [4.78, 5) is 7.23. The van der Waals surface area contributed by atoms with Gasteiger partial charge in [-0.2, -0.15) is 0 Å². The van der Waals surface area contributed by atoms with E-state index in [0.717, 1.165) is 43.3 Å². The number of anilines is 1. The molecule has 0 aliphatic carbocycles. The van der Waals surface area contributed by atoms with E-state index in [1.807, 2.05) is 24.3 Å². The van der Waals surface area contributed by atoms with Gasteiger partial charge < -0.3 is 5.32 Å². The zero-order chi connectivity index (χ0) is 18.4. The molecule has 0 amide bonds. The van der Waals surface area contributed by atoms with Crippen molar-refractivity contribution in [3.8, 4) is 0 Å². The highest BCUT2D eigenvalue weighted by atomic mass is 79.9. The normalized spacial score (nSPS) is 20.7. The van der Waals surface area contributed by atoms with Crippen molar-refractivity contribution in [1.29, 1.82) is 0 Å². The van der Waals surface area contributed by atoms with Gasteiger partial charge in [0.25, 0.3) is 5.00 Å². The van der Waals surface area contributed by atoms with Crippen molar-refractivity contribution in [3.05, 3.63) is 51.9 Å². The molecule has 1 atom stereocenters. The van der Waals surface area contributed by atoms with Crippen molar-refractivity contribution in [2.45, 2.75) is 6.54 Å². The van der Waals surface area contributed by atoms with E-state index >= 15 is 0 Å². The standard InChI is InChI=1S/C18H19BrClN6S/c19-26-12-25-17(23-26)16(14-3-1-2-4-15(14)20)22-11-13-5-10-27(18(13)25)24-8-6-21-7-9-24/h1-5,10,21H,6-9,11-12H2/q+1. The van der Waals surface area contributed by atoms with Gasteiger partial charge in [0, 0.05) is 24.7 Å². The Hall–Kier alpha value is -1.45. The lowest BCUT2D eigenvalue weighted by atomic mass is 10.1. The Morgan fingerprint density at radius 2 is 1.96 bits per heavy atom. The van der Waals surface area contributed by atoms with Crippen LogP contribution in [0.5, 0.6) is 0 Å². The summed E-state index contributed by atoms with van der Waals surface area (Å²) < 4.78 is 4.35. The molecule has 5 rings (SSSR count). The molecule has 9 heteroatoms. The number of hydrogen-bond donors (Lipinski definition) is 1.